The lowest BCUT2D eigenvalue weighted by Crippen LogP contribution is -2.30. The third-order valence-corrected chi connectivity index (χ3v) is 5.05. The number of benzene rings is 1. The van der Waals surface area contributed by atoms with Crippen molar-refractivity contribution >= 4 is 6.09 Å². The Kier molecular flexibility index (Phi) is 10.9. The summed E-state index contributed by atoms with van der Waals surface area (Å²) in [6.45, 7) is 5.05. The number of nitrogens with one attached hydrogen (secondary N) is 1. The van der Waals surface area contributed by atoms with E-state index in [2.05, 4.69) is 34.5 Å². The molecule has 1 saturated heterocycles. The van der Waals surface area contributed by atoms with Gasteiger partial charge in [0.05, 0.1) is 6.61 Å². The number of carbonyl (C=O) groups excluding carboxylic acids is 1. The minimum absolute atomic E-state index is 0.266. The molecule has 1 N–H and O–H groups in total. The van der Waals surface area contributed by atoms with E-state index in [1.165, 1.54) is 57.3 Å². The van der Waals surface area contributed by atoms with Crippen molar-refractivity contribution in [2.24, 2.45) is 0 Å². The van der Waals surface area contributed by atoms with Gasteiger partial charge in [-0.05, 0) is 70.1 Å². The van der Waals surface area contributed by atoms with Crippen molar-refractivity contribution in [1.82, 2.24) is 10.2 Å². The third kappa shape index (κ3) is 9.81. The van der Waals surface area contributed by atoms with Crippen molar-refractivity contribution in [3.8, 4) is 0 Å². The summed E-state index contributed by atoms with van der Waals surface area (Å²) in [6.07, 6.45) is 11.6. The minimum Gasteiger partial charge on any atom is -0.450 e. The lowest BCUT2D eigenvalue weighted by molar-refractivity contribution is 0.143. The van der Waals surface area contributed by atoms with Crippen LogP contribution in [0.2, 0.25) is 0 Å². The van der Waals surface area contributed by atoms with Gasteiger partial charge in [0, 0.05) is 6.54 Å². The maximum atomic E-state index is 11.6. The van der Waals surface area contributed by atoms with Crippen LogP contribution in [-0.2, 0) is 11.2 Å². The number of likely N-dealkylation sites (tertiary alicyclic amines) is 1. The molecular formula is C22H36N2O2. The topological polar surface area (TPSA) is 41.6 Å². The Morgan fingerprint density at radius 3 is 2.50 bits per heavy atom. The van der Waals surface area contributed by atoms with Gasteiger partial charge in [-0.15, -0.1) is 0 Å². The van der Waals surface area contributed by atoms with Crippen molar-refractivity contribution < 1.29 is 9.53 Å². The first-order chi connectivity index (χ1) is 12.8. The van der Waals surface area contributed by atoms with Gasteiger partial charge in [0.2, 0.25) is 0 Å². The lowest BCUT2D eigenvalue weighted by atomic mass is 10.1. The fourth-order valence-corrected chi connectivity index (χ4v) is 3.48. The number of alkyl carbamates (subject to hydrolysis) is 1. The predicted octanol–water partition coefficient (Wildman–Crippen LogP) is 4.78. The normalized spacial score (nSPS) is 14.9. The third-order valence-electron chi connectivity index (χ3n) is 5.05. The molecule has 4 nitrogen and oxygen atoms in total. The van der Waals surface area contributed by atoms with Crippen LogP contribution in [0, 0.1) is 0 Å². The predicted molar refractivity (Wildman–Crippen MR) is 107 cm³/mol. The zero-order chi connectivity index (χ0) is 18.3. The molecule has 0 bridgehead atoms. The fourth-order valence-electron chi connectivity index (χ4n) is 3.48. The highest BCUT2D eigenvalue weighted by molar-refractivity contribution is 5.66. The molecule has 1 aromatic carbocycles. The molecule has 146 valence electrons. The molecule has 0 radical (unpaired) electrons. The zero-order valence-electron chi connectivity index (χ0n) is 16.3. The largest absolute Gasteiger partial charge is 0.450 e. The number of aryl methyl sites for hydroxylation is 1. The molecule has 0 atom stereocenters. The van der Waals surface area contributed by atoms with Gasteiger partial charge in [0.25, 0.3) is 0 Å². The number of ether oxygens (including phenoxy) is 1. The highest BCUT2D eigenvalue weighted by Gasteiger charge is 2.08. The van der Waals surface area contributed by atoms with E-state index in [4.69, 9.17) is 4.74 Å². The number of unbranched alkanes of at least 4 members (excludes halogenated alkanes) is 4. The Morgan fingerprint density at radius 1 is 0.923 bits per heavy atom. The van der Waals surface area contributed by atoms with Gasteiger partial charge in [0.15, 0.2) is 0 Å². The Hall–Kier alpha value is -1.55. The molecule has 0 aliphatic carbocycles. The summed E-state index contributed by atoms with van der Waals surface area (Å²) in [4.78, 5) is 14.2. The molecule has 1 aliphatic heterocycles. The van der Waals surface area contributed by atoms with Crippen molar-refractivity contribution in [3.63, 3.8) is 0 Å². The van der Waals surface area contributed by atoms with Crippen molar-refractivity contribution in [2.75, 3.05) is 32.8 Å². The summed E-state index contributed by atoms with van der Waals surface area (Å²) in [7, 11) is 0. The summed E-state index contributed by atoms with van der Waals surface area (Å²) >= 11 is 0. The second-order valence-electron chi connectivity index (χ2n) is 7.32. The first kappa shape index (κ1) is 20.8. The SMILES string of the molecule is O=C(NCCCCc1ccccc1)OCCCCCCN1CCCCC1. The number of nitrogens with zero attached hydrogens (tertiary/aromatic N) is 1. The number of carbonyl (C=O) groups is 1. The van der Waals surface area contributed by atoms with Crippen LogP contribution in [0.5, 0.6) is 0 Å². The highest BCUT2D eigenvalue weighted by Crippen LogP contribution is 2.10. The van der Waals surface area contributed by atoms with Crippen molar-refractivity contribution in [2.45, 2.75) is 64.2 Å². The van der Waals surface area contributed by atoms with Crippen LogP contribution in [0.25, 0.3) is 0 Å². The summed E-state index contributed by atoms with van der Waals surface area (Å²) in [5.74, 6) is 0. The van der Waals surface area contributed by atoms with Crippen molar-refractivity contribution in [3.05, 3.63) is 35.9 Å². The Labute approximate surface area is 159 Å². The van der Waals surface area contributed by atoms with Gasteiger partial charge in [-0.2, -0.15) is 0 Å². The van der Waals surface area contributed by atoms with E-state index in [9.17, 15) is 4.79 Å². The number of piperidine rings is 1. The van der Waals surface area contributed by atoms with Crippen LogP contribution in [0.1, 0.15) is 63.4 Å². The Balaban J connectivity index is 1.34. The zero-order valence-corrected chi connectivity index (χ0v) is 16.3. The minimum atomic E-state index is -0.266. The van der Waals surface area contributed by atoms with Crippen LogP contribution in [0.4, 0.5) is 4.79 Å². The molecule has 26 heavy (non-hydrogen) atoms. The van der Waals surface area contributed by atoms with Gasteiger partial charge in [-0.3, -0.25) is 0 Å². The molecule has 1 fully saturated rings. The summed E-state index contributed by atoms with van der Waals surface area (Å²) in [5.41, 5.74) is 1.36. The van der Waals surface area contributed by atoms with Crippen LogP contribution < -0.4 is 5.32 Å². The molecule has 1 amide bonds. The van der Waals surface area contributed by atoms with E-state index in [1.54, 1.807) is 0 Å². The van der Waals surface area contributed by atoms with Gasteiger partial charge >= 0.3 is 6.09 Å². The van der Waals surface area contributed by atoms with Gasteiger partial charge in [0.1, 0.15) is 0 Å². The van der Waals surface area contributed by atoms with Crippen LogP contribution in [0.3, 0.4) is 0 Å². The average Bonchev–Trinajstić information content (AvgIpc) is 2.68. The first-order valence-corrected chi connectivity index (χ1v) is 10.5. The number of hydrogen-bond donors (Lipinski definition) is 1. The molecule has 0 unspecified atom stereocenters. The van der Waals surface area contributed by atoms with E-state index in [-0.39, 0.29) is 6.09 Å². The Bertz CT molecular complexity index is 472. The van der Waals surface area contributed by atoms with E-state index >= 15 is 0 Å². The average molecular weight is 361 g/mol. The molecule has 0 aromatic heterocycles. The number of hydrogen-bond acceptors (Lipinski definition) is 3. The van der Waals surface area contributed by atoms with Gasteiger partial charge in [-0.25, -0.2) is 4.79 Å². The second kappa shape index (κ2) is 13.6. The second-order valence-corrected chi connectivity index (χ2v) is 7.32. The monoisotopic (exact) mass is 360 g/mol. The first-order valence-electron chi connectivity index (χ1n) is 10.5. The molecule has 1 aromatic rings. The van der Waals surface area contributed by atoms with Crippen LogP contribution in [0.15, 0.2) is 30.3 Å². The van der Waals surface area contributed by atoms with E-state index in [0.717, 1.165) is 32.1 Å². The maximum Gasteiger partial charge on any atom is 0.407 e. The maximum absolute atomic E-state index is 11.6. The standard InChI is InChI=1S/C22H36N2O2/c25-22(23-16-8-7-15-21-13-5-3-6-14-21)26-20-12-2-1-9-17-24-18-10-4-11-19-24/h3,5-6,13-14H,1-2,4,7-12,15-20H2,(H,23,25). The number of rotatable bonds is 12. The van der Waals surface area contributed by atoms with Crippen molar-refractivity contribution in [1.29, 1.82) is 0 Å². The van der Waals surface area contributed by atoms with E-state index in [0.29, 0.717) is 13.2 Å². The smallest absolute Gasteiger partial charge is 0.407 e. The quantitative estimate of drug-likeness (QED) is 0.545. The van der Waals surface area contributed by atoms with Gasteiger partial charge < -0.3 is 15.0 Å². The van der Waals surface area contributed by atoms with Crippen LogP contribution in [-0.4, -0.2) is 43.8 Å². The lowest BCUT2D eigenvalue weighted by Gasteiger charge is -2.26. The van der Waals surface area contributed by atoms with E-state index in [1.807, 2.05) is 6.07 Å². The summed E-state index contributed by atoms with van der Waals surface area (Å²) < 4.78 is 5.24. The molecule has 0 saturated carbocycles. The molecule has 2 rings (SSSR count). The summed E-state index contributed by atoms with van der Waals surface area (Å²) in [5, 5.41) is 2.85. The molecule has 4 heteroatoms. The Morgan fingerprint density at radius 2 is 1.69 bits per heavy atom. The van der Waals surface area contributed by atoms with Gasteiger partial charge in [-0.1, -0.05) is 49.6 Å². The molecular weight excluding hydrogens is 324 g/mol. The number of amides is 1. The molecule has 0 spiro atoms. The summed E-state index contributed by atoms with van der Waals surface area (Å²) in [6, 6.07) is 10.5. The van der Waals surface area contributed by atoms with E-state index < -0.39 is 0 Å². The molecule has 1 heterocycles. The highest BCUT2D eigenvalue weighted by atomic mass is 16.5. The fraction of sp³-hybridized carbons (Fsp3) is 0.682. The van der Waals surface area contributed by atoms with Crippen LogP contribution >= 0.6 is 0 Å². The molecule has 1 aliphatic rings.